The van der Waals surface area contributed by atoms with Crippen LogP contribution in [0.1, 0.15) is 50.7 Å². The highest BCUT2D eigenvalue weighted by Gasteiger charge is 2.75. The molecular weight excluding hydrogens is 484 g/mol. The van der Waals surface area contributed by atoms with E-state index in [1.165, 1.54) is 4.90 Å². The van der Waals surface area contributed by atoms with Gasteiger partial charge in [-0.3, -0.25) is 14.4 Å². The molecule has 1 unspecified atom stereocenters. The van der Waals surface area contributed by atoms with E-state index in [-0.39, 0.29) is 25.0 Å². The van der Waals surface area contributed by atoms with E-state index in [0.29, 0.717) is 25.8 Å². The Bertz CT molecular complexity index is 1170. The van der Waals surface area contributed by atoms with Gasteiger partial charge in [0, 0.05) is 12.2 Å². The fourth-order valence-corrected chi connectivity index (χ4v) is 7.05. The number of allylic oxidation sites excluding steroid dienone is 1. The summed E-state index contributed by atoms with van der Waals surface area (Å²) in [5.41, 5.74) is 0.255. The number of nitrogens with zero attached hydrogens (tertiary/aromatic N) is 2. The summed E-state index contributed by atoms with van der Waals surface area (Å²) in [5, 5.41) is 10.3. The van der Waals surface area contributed by atoms with Crippen LogP contribution in [-0.2, 0) is 23.9 Å². The molecule has 4 aliphatic heterocycles. The third-order valence-electron chi connectivity index (χ3n) is 8.86. The molecule has 1 spiro atoms. The molecule has 1 aromatic carbocycles. The van der Waals surface area contributed by atoms with Crippen LogP contribution in [0.15, 0.2) is 42.5 Å². The number of carbonyl (C=O) groups excluding carboxylic acids is 3. The van der Waals surface area contributed by atoms with E-state index in [1.54, 1.807) is 4.90 Å². The lowest BCUT2D eigenvalue weighted by Gasteiger charge is -2.41. The first-order valence-corrected chi connectivity index (χ1v) is 13.8. The van der Waals surface area contributed by atoms with Gasteiger partial charge in [0.1, 0.15) is 23.2 Å². The summed E-state index contributed by atoms with van der Waals surface area (Å²) in [6.45, 7) is 8.02. The predicted octanol–water partition coefficient (Wildman–Crippen LogP) is 3.23. The highest BCUT2D eigenvalue weighted by atomic mass is 16.6. The van der Waals surface area contributed by atoms with Crippen molar-refractivity contribution in [1.29, 1.82) is 0 Å². The molecule has 0 aliphatic carbocycles. The molecule has 4 heterocycles. The van der Waals surface area contributed by atoms with E-state index >= 15 is 0 Å². The Morgan fingerprint density at radius 3 is 2.45 bits per heavy atom. The average molecular weight is 523 g/mol. The number of amides is 2. The molecule has 5 rings (SSSR count). The van der Waals surface area contributed by atoms with Gasteiger partial charge in [0.25, 0.3) is 5.91 Å². The maximum Gasteiger partial charge on any atom is 0.313 e. The Labute approximate surface area is 224 Å². The minimum Gasteiger partial charge on any atom is -0.465 e. The second-order valence-corrected chi connectivity index (χ2v) is 10.9. The molecule has 2 saturated heterocycles. The second-order valence-electron chi connectivity index (χ2n) is 10.9. The van der Waals surface area contributed by atoms with Crippen LogP contribution in [0.3, 0.4) is 0 Å². The standard InChI is InChI=1S/C30H38N2O6/c1-5-21(18-33)32-25-27(35)31(24-19(3)12-10-13-20(24)4)16-11-15-30(25)22(26(32)34)23-28(36)37-17-9-7-8-14-29(23,6-2)38-30/h8,10-15,21-23,25,33H,5-7,9,16-18H2,1-4H3/b14-8-/t21-,22-,23+,25?,29-,30-/m0/s1. The maximum absolute atomic E-state index is 14.6. The third kappa shape index (κ3) is 3.75. The van der Waals surface area contributed by atoms with E-state index in [2.05, 4.69) is 0 Å². The monoisotopic (exact) mass is 522 g/mol. The van der Waals surface area contributed by atoms with Crippen molar-refractivity contribution in [2.75, 3.05) is 24.7 Å². The second kappa shape index (κ2) is 9.97. The minimum atomic E-state index is -1.37. The van der Waals surface area contributed by atoms with Gasteiger partial charge in [-0.2, -0.15) is 0 Å². The molecule has 2 fully saturated rings. The van der Waals surface area contributed by atoms with Crippen LogP contribution in [-0.4, -0.2) is 70.8 Å². The molecule has 204 valence electrons. The van der Waals surface area contributed by atoms with Gasteiger partial charge in [-0.25, -0.2) is 0 Å². The van der Waals surface area contributed by atoms with Gasteiger partial charge in [0.05, 0.1) is 25.2 Å². The first-order valence-electron chi connectivity index (χ1n) is 13.8. The first-order chi connectivity index (χ1) is 18.3. The summed E-state index contributed by atoms with van der Waals surface area (Å²) >= 11 is 0. The van der Waals surface area contributed by atoms with E-state index in [4.69, 9.17) is 9.47 Å². The lowest BCUT2D eigenvalue weighted by Crippen LogP contribution is -2.59. The zero-order valence-electron chi connectivity index (χ0n) is 22.7. The van der Waals surface area contributed by atoms with Crippen molar-refractivity contribution in [2.45, 2.75) is 76.7 Å². The number of aryl methyl sites for hydroxylation is 2. The topological polar surface area (TPSA) is 96.4 Å². The van der Waals surface area contributed by atoms with Gasteiger partial charge in [0.2, 0.25) is 5.91 Å². The molecule has 0 aromatic heterocycles. The van der Waals surface area contributed by atoms with Crippen molar-refractivity contribution in [2.24, 2.45) is 11.8 Å². The van der Waals surface area contributed by atoms with Crippen LogP contribution < -0.4 is 4.90 Å². The molecule has 6 atom stereocenters. The largest absolute Gasteiger partial charge is 0.465 e. The minimum absolute atomic E-state index is 0.268. The highest BCUT2D eigenvalue weighted by molar-refractivity contribution is 6.06. The summed E-state index contributed by atoms with van der Waals surface area (Å²) < 4.78 is 12.6. The number of carbonyl (C=O) groups is 3. The van der Waals surface area contributed by atoms with E-state index in [1.807, 2.05) is 70.2 Å². The molecule has 8 heteroatoms. The molecule has 2 amide bonds. The zero-order valence-corrected chi connectivity index (χ0v) is 22.7. The van der Waals surface area contributed by atoms with Crippen molar-refractivity contribution in [3.05, 3.63) is 53.6 Å². The maximum atomic E-state index is 14.6. The van der Waals surface area contributed by atoms with Crippen molar-refractivity contribution < 1.29 is 29.0 Å². The van der Waals surface area contributed by atoms with Crippen LogP contribution in [0, 0.1) is 25.7 Å². The summed E-state index contributed by atoms with van der Waals surface area (Å²) in [4.78, 5) is 45.8. The van der Waals surface area contributed by atoms with Gasteiger partial charge in [0.15, 0.2) is 0 Å². The normalized spacial score (nSPS) is 34.4. The SMILES string of the molecule is CC[C@@H](CO)N1C(=O)[C@@H]2[C@@H]3C(=O)OCCC/C=C\[C@]3(CC)O[C@@]23C=CCN(c2c(C)cccc2C)C(=O)C13. The number of fused-ring (bicyclic) bond motifs is 2. The molecule has 38 heavy (non-hydrogen) atoms. The Balaban J connectivity index is 1.72. The number of rotatable bonds is 5. The van der Waals surface area contributed by atoms with E-state index in [0.717, 1.165) is 23.2 Å². The first kappa shape index (κ1) is 26.6. The molecule has 0 radical (unpaired) electrons. The van der Waals surface area contributed by atoms with Gasteiger partial charge in [-0.15, -0.1) is 0 Å². The molecule has 8 nitrogen and oxygen atoms in total. The van der Waals surface area contributed by atoms with Crippen molar-refractivity contribution in [1.82, 2.24) is 4.90 Å². The van der Waals surface area contributed by atoms with Crippen LogP contribution >= 0.6 is 0 Å². The molecule has 0 bridgehead atoms. The fourth-order valence-electron chi connectivity index (χ4n) is 7.05. The van der Waals surface area contributed by atoms with Crippen molar-refractivity contribution in [3.8, 4) is 0 Å². The number of ether oxygens (including phenoxy) is 2. The Morgan fingerprint density at radius 2 is 1.79 bits per heavy atom. The van der Waals surface area contributed by atoms with E-state index < -0.39 is 41.1 Å². The number of cyclic esters (lactones) is 1. The van der Waals surface area contributed by atoms with Crippen LogP contribution in [0.2, 0.25) is 0 Å². The smallest absolute Gasteiger partial charge is 0.313 e. The number of hydrogen-bond acceptors (Lipinski definition) is 6. The van der Waals surface area contributed by atoms with Crippen LogP contribution in [0.5, 0.6) is 0 Å². The number of esters is 1. The number of benzene rings is 1. The summed E-state index contributed by atoms with van der Waals surface area (Å²) in [5.74, 6) is -2.93. The Hall–Kier alpha value is -2.97. The van der Waals surface area contributed by atoms with Crippen LogP contribution in [0.25, 0.3) is 0 Å². The lowest BCUT2D eigenvalue weighted by molar-refractivity contribution is -0.161. The molecule has 4 aliphatic rings. The zero-order chi connectivity index (χ0) is 27.2. The highest BCUT2D eigenvalue weighted by Crippen LogP contribution is 2.58. The number of hydrogen-bond donors (Lipinski definition) is 1. The van der Waals surface area contributed by atoms with Gasteiger partial charge < -0.3 is 24.4 Å². The molecular formula is C30H38N2O6. The quantitative estimate of drug-likeness (QED) is 0.471. The summed E-state index contributed by atoms with van der Waals surface area (Å²) in [6, 6.07) is 4.26. The summed E-state index contributed by atoms with van der Waals surface area (Å²) in [7, 11) is 0. The average Bonchev–Trinajstić information content (AvgIpc) is 3.28. The van der Waals surface area contributed by atoms with Crippen molar-refractivity contribution >= 4 is 23.5 Å². The number of aliphatic hydroxyl groups is 1. The Morgan fingerprint density at radius 1 is 1.05 bits per heavy atom. The molecule has 1 aromatic rings. The van der Waals surface area contributed by atoms with Gasteiger partial charge in [-0.1, -0.05) is 56.4 Å². The number of para-hydroxylation sites is 1. The fraction of sp³-hybridized carbons (Fsp3) is 0.567. The predicted molar refractivity (Wildman–Crippen MR) is 142 cm³/mol. The number of likely N-dealkylation sites (tertiary alicyclic amines) is 1. The summed E-state index contributed by atoms with van der Waals surface area (Å²) in [6.07, 6.45) is 9.97. The number of aliphatic hydroxyl groups excluding tert-OH is 1. The van der Waals surface area contributed by atoms with Crippen LogP contribution in [0.4, 0.5) is 5.69 Å². The number of anilines is 1. The molecule has 1 N–H and O–H groups in total. The van der Waals surface area contributed by atoms with Crippen molar-refractivity contribution in [3.63, 3.8) is 0 Å². The Kier molecular flexibility index (Phi) is 6.99. The van der Waals surface area contributed by atoms with Gasteiger partial charge in [-0.05, 0) is 50.7 Å². The van der Waals surface area contributed by atoms with E-state index in [9.17, 15) is 19.5 Å². The van der Waals surface area contributed by atoms with Gasteiger partial charge >= 0.3 is 5.97 Å². The lowest BCUT2D eigenvalue weighted by atomic mass is 9.73. The molecule has 0 saturated carbocycles. The third-order valence-corrected chi connectivity index (χ3v) is 8.86.